The van der Waals surface area contributed by atoms with Crippen molar-refractivity contribution in [3.8, 4) is 0 Å². The Bertz CT molecular complexity index is 426. The molecule has 0 atom stereocenters. The van der Waals surface area contributed by atoms with Crippen LogP contribution in [0.5, 0.6) is 0 Å². The highest BCUT2D eigenvalue weighted by Gasteiger charge is 2.18. The Balaban J connectivity index is 1.87. The van der Waals surface area contributed by atoms with Crippen molar-refractivity contribution in [2.45, 2.75) is 12.2 Å². The zero-order valence-electron chi connectivity index (χ0n) is 9.00. The van der Waals surface area contributed by atoms with Crippen LogP contribution in [0.1, 0.15) is 12.0 Å². The van der Waals surface area contributed by atoms with Gasteiger partial charge in [0.2, 0.25) is 0 Å². The molecule has 0 N–H and O–H groups in total. The molecule has 1 aliphatic rings. The van der Waals surface area contributed by atoms with Crippen LogP contribution in [0.2, 0.25) is 0 Å². The molecule has 1 aromatic carbocycles. The van der Waals surface area contributed by atoms with E-state index in [1.54, 1.807) is 12.1 Å². The smallest absolute Gasteiger partial charge is 0.272 e. The second kappa shape index (κ2) is 4.95. The van der Waals surface area contributed by atoms with Gasteiger partial charge < -0.3 is 0 Å². The average Bonchev–Trinajstić information content (AvgIpc) is 2.15. The lowest BCUT2D eigenvalue weighted by molar-refractivity contribution is 0.0771. The lowest BCUT2D eigenvalue weighted by Gasteiger charge is -2.29. The predicted molar refractivity (Wildman–Crippen MR) is 61.2 cm³/mol. The van der Waals surface area contributed by atoms with Crippen molar-refractivity contribution in [2.75, 3.05) is 19.8 Å². The van der Waals surface area contributed by atoms with Crippen molar-refractivity contribution in [2.24, 2.45) is 0 Å². The minimum atomic E-state index is -3.45. The summed E-state index contributed by atoms with van der Waals surface area (Å²) < 4.78 is 28.1. The first-order valence-electron chi connectivity index (χ1n) is 5.29. The highest BCUT2D eigenvalue weighted by Crippen LogP contribution is 2.10. The van der Waals surface area contributed by atoms with Gasteiger partial charge in [-0.05, 0) is 12.0 Å². The van der Waals surface area contributed by atoms with Crippen molar-refractivity contribution in [1.29, 1.82) is 0 Å². The van der Waals surface area contributed by atoms with Crippen LogP contribution in [0.25, 0.3) is 0 Å². The second-order valence-corrected chi connectivity index (χ2v) is 5.55. The molecule has 16 heavy (non-hydrogen) atoms. The molecule has 1 heterocycles. The molecule has 1 fully saturated rings. The predicted octanol–water partition coefficient (Wildman–Crippen LogP) is 1.20. The van der Waals surface area contributed by atoms with Gasteiger partial charge in [0.15, 0.2) is 0 Å². The fourth-order valence-electron chi connectivity index (χ4n) is 1.49. The molecule has 1 saturated heterocycles. The summed E-state index contributed by atoms with van der Waals surface area (Å²) in [5, 5.41) is 0. The van der Waals surface area contributed by atoms with Crippen LogP contribution in [0, 0.1) is 0 Å². The molecular formula is C11H15NO3S. The molecule has 4 nitrogen and oxygen atoms in total. The van der Waals surface area contributed by atoms with Crippen molar-refractivity contribution in [1.82, 2.24) is 4.90 Å². The standard InChI is InChI=1S/C11H15NO3S/c13-16(14,15-10-12-7-4-8-12)9-11-5-2-1-3-6-11/h1-3,5-6H,4,7-10H2. The Morgan fingerprint density at radius 1 is 1.19 bits per heavy atom. The van der Waals surface area contributed by atoms with Gasteiger partial charge in [0.25, 0.3) is 10.1 Å². The van der Waals surface area contributed by atoms with E-state index in [9.17, 15) is 8.42 Å². The Kier molecular flexibility index (Phi) is 3.58. The minimum Gasteiger partial charge on any atom is -0.280 e. The first-order valence-corrected chi connectivity index (χ1v) is 6.87. The average molecular weight is 241 g/mol. The maximum atomic E-state index is 11.6. The highest BCUT2D eigenvalue weighted by molar-refractivity contribution is 7.85. The van der Waals surface area contributed by atoms with E-state index in [4.69, 9.17) is 4.18 Å². The molecule has 0 unspecified atom stereocenters. The van der Waals surface area contributed by atoms with Crippen molar-refractivity contribution in [3.63, 3.8) is 0 Å². The number of nitrogens with zero attached hydrogens (tertiary/aromatic N) is 1. The van der Waals surface area contributed by atoms with Gasteiger partial charge in [-0.3, -0.25) is 9.08 Å². The fraction of sp³-hybridized carbons (Fsp3) is 0.455. The van der Waals surface area contributed by atoms with Crippen molar-refractivity contribution >= 4 is 10.1 Å². The van der Waals surface area contributed by atoms with Gasteiger partial charge in [0, 0.05) is 13.1 Å². The summed E-state index contributed by atoms with van der Waals surface area (Å²) in [6.07, 6.45) is 1.13. The maximum absolute atomic E-state index is 11.6. The first kappa shape index (κ1) is 11.6. The molecule has 0 aromatic heterocycles. The number of hydrogen-bond acceptors (Lipinski definition) is 4. The summed E-state index contributed by atoms with van der Waals surface area (Å²) in [6.45, 7) is 2.05. The van der Waals surface area contributed by atoms with E-state index >= 15 is 0 Å². The number of rotatable bonds is 5. The lowest BCUT2D eigenvalue weighted by atomic mass is 10.2. The fourth-order valence-corrected chi connectivity index (χ4v) is 2.48. The summed E-state index contributed by atoms with van der Waals surface area (Å²) in [5.74, 6) is -0.0539. The van der Waals surface area contributed by atoms with Crippen LogP contribution in [0.4, 0.5) is 0 Å². The van der Waals surface area contributed by atoms with Gasteiger partial charge in [0.1, 0.15) is 12.5 Å². The van der Waals surface area contributed by atoms with Crippen LogP contribution in [0.3, 0.4) is 0 Å². The number of hydrogen-bond donors (Lipinski definition) is 0. The summed E-state index contributed by atoms with van der Waals surface area (Å²) in [6, 6.07) is 9.06. The minimum absolute atomic E-state index is 0.0539. The summed E-state index contributed by atoms with van der Waals surface area (Å²) in [5.41, 5.74) is 0.756. The quantitative estimate of drug-likeness (QED) is 0.727. The van der Waals surface area contributed by atoms with E-state index in [0.717, 1.165) is 25.1 Å². The van der Waals surface area contributed by atoms with E-state index in [-0.39, 0.29) is 12.5 Å². The molecule has 1 aromatic rings. The van der Waals surface area contributed by atoms with Crippen LogP contribution in [0.15, 0.2) is 30.3 Å². The number of likely N-dealkylation sites (tertiary alicyclic amines) is 1. The summed E-state index contributed by atoms with van der Waals surface area (Å²) >= 11 is 0. The van der Waals surface area contributed by atoms with Crippen molar-refractivity contribution in [3.05, 3.63) is 35.9 Å². The largest absolute Gasteiger partial charge is 0.280 e. The van der Waals surface area contributed by atoms with E-state index in [0.29, 0.717) is 0 Å². The second-order valence-electron chi connectivity index (χ2n) is 3.91. The van der Waals surface area contributed by atoms with Crippen molar-refractivity contribution < 1.29 is 12.6 Å². The molecule has 0 saturated carbocycles. The van der Waals surface area contributed by atoms with Gasteiger partial charge in [-0.1, -0.05) is 30.3 Å². The maximum Gasteiger partial charge on any atom is 0.272 e. The zero-order valence-corrected chi connectivity index (χ0v) is 9.82. The molecule has 1 aliphatic heterocycles. The molecule has 5 heteroatoms. The molecular weight excluding hydrogens is 226 g/mol. The van der Waals surface area contributed by atoms with E-state index in [2.05, 4.69) is 0 Å². The summed E-state index contributed by atoms with van der Waals surface area (Å²) in [7, 11) is -3.45. The molecule has 2 rings (SSSR count). The molecule has 0 spiro atoms. The Morgan fingerprint density at radius 2 is 1.88 bits per heavy atom. The van der Waals surface area contributed by atoms with E-state index in [1.165, 1.54) is 0 Å². The monoisotopic (exact) mass is 241 g/mol. The van der Waals surface area contributed by atoms with E-state index < -0.39 is 10.1 Å². The topological polar surface area (TPSA) is 46.6 Å². The van der Waals surface area contributed by atoms with Crippen LogP contribution in [-0.2, 0) is 20.1 Å². The number of benzene rings is 1. The molecule has 0 amide bonds. The zero-order chi connectivity index (χ0) is 11.4. The SMILES string of the molecule is O=S(=O)(Cc1ccccc1)OCN1CCC1. The molecule has 88 valence electrons. The third-order valence-corrected chi connectivity index (χ3v) is 3.70. The highest BCUT2D eigenvalue weighted by atomic mass is 32.2. The Morgan fingerprint density at radius 3 is 2.44 bits per heavy atom. The Labute approximate surface area is 96.0 Å². The van der Waals surface area contributed by atoms with Gasteiger partial charge in [0.05, 0.1) is 0 Å². The van der Waals surface area contributed by atoms with Crippen LogP contribution >= 0.6 is 0 Å². The normalized spacial score (nSPS) is 17.0. The van der Waals surface area contributed by atoms with Crippen LogP contribution in [-0.4, -0.2) is 33.1 Å². The van der Waals surface area contributed by atoms with Crippen LogP contribution < -0.4 is 0 Å². The third kappa shape index (κ3) is 3.30. The van der Waals surface area contributed by atoms with Gasteiger partial charge >= 0.3 is 0 Å². The molecule has 0 aliphatic carbocycles. The Hall–Kier alpha value is -0.910. The summed E-state index contributed by atoms with van der Waals surface area (Å²) in [4.78, 5) is 1.96. The van der Waals surface area contributed by atoms with E-state index in [1.807, 2.05) is 23.1 Å². The van der Waals surface area contributed by atoms with Gasteiger partial charge in [-0.2, -0.15) is 8.42 Å². The molecule has 0 radical (unpaired) electrons. The lowest BCUT2D eigenvalue weighted by Crippen LogP contribution is -2.39. The molecule has 0 bridgehead atoms. The third-order valence-electron chi connectivity index (χ3n) is 2.55. The first-order chi connectivity index (χ1) is 7.66. The van der Waals surface area contributed by atoms with Gasteiger partial charge in [-0.25, -0.2) is 0 Å². The van der Waals surface area contributed by atoms with Gasteiger partial charge in [-0.15, -0.1) is 0 Å².